The minimum absolute atomic E-state index is 0.0310. The van der Waals surface area contributed by atoms with Crippen LogP contribution in [0.1, 0.15) is 19.8 Å². The van der Waals surface area contributed by atoms with Gasteiger partial charge in [0.2, 0.25) is 0 Å². The molecule has 0 spiro atoms. The minimum atomic E-state index is -3.89. The molecule has 3 nitrogen and oxygen atoms in total. The molecule has 0 aromatic heterocycles. The van der Waals surface area contributed by atoms with Crippen molar-refractivity contribution < 1.29 is 22.4 Å². The van der Waals surface area contributed by atoms with Gasteiger partial charge in [-0.2, -0.15) is 0 Å². The molecule has 34 heavy (non-hydrogen) atoms. The van der Waals surface area contributed by atoms with Crippen molar-refractivity contribution in [2.45, 2.75) is 19.8 Å². The van der Waals surface area contributed by atoms with Crippen LogP contribution < -0.4 is 9.05 Å². The molecule has 0 unspecified atom stereocenters. The van der Waals surface area contributed by atoms with Gasteiger partial charge in [-0.05, 0) is 52.9 Å². The van der Waals surface area contributed by atoms with Gasteiger partial charge in [0.1, 0.15) is 0 Å². The van der Waals surface area contributed by atoms with Crippen molar-refractivity contribution in [3.8, 4) is 33.8 Å². The topological polar surface area (TPSA) is 35.5 Å². The van der Waals surface area contributed by atoms with E-state index in [9.17, 15) is 13.3 Å². The lowest BCUT2D eigenvalue weighted by Gasteiger charge is -2.21. The number of hydrogen-bond donors (Lipinski definition) is 0. The smallest absolute Gasteiger partial charge is 0.413 e. The molecule has 0 saturated carbocycles. The molecule has 174 valence electrons. The summed E-state index contributed by atoms with van der Waals surface area (Å²) in [5.41, 5.74) is 3.02. The molecule has 0 aliphatic carbocycles. The van der Waals surface area contributed by atoms with Crippen LogP contribution in [0.2, 0.25) is 0 Å². The van der Waals surface area contributed by atoms with E-state index in [1.165, 1.54) is 24.3 Å². The van der Waals surface area contributed by atoms with Crippen LogP contribution in [0, 0.1) is 11.6 Å². The first-order chi connectivity index (χ1) is 16.5. The molecule has 0 heterocycles. The number of halogens is 2. The van der Waals surface area contributed by atoms with Gasteiger partial charge in [0.25, 0.3) is 0 Å². The molecule has 4 rings (SSSR count). The summed E-state index contributed by atoms with van der Waals surface area (Å²) >= 11 is 0. The normalized spacial score (nSPS) is 11.3. The van der Waals surface area contributed by atoms with E-state index < -0.39 is 19.2 Å². The molecule has 0 aliphatic heterocycles. The summed E-state index contributed by atoms with van der Waals surface area (Å²) in [6, 6.07) is 27.6. The maximum atomic E-state index is 14.9. The highest BCUT2D eigenvalue weighted by Gasteiger charge is 2.30. The van der Waals surface area contributed by atoms with Gasteiger partial charge in [-0.3, -0.25) is 0 Å². The molecule has 0 amide bonds. The maximum absolute atomic E-state index is 14.9. The fraction of sp³-hybridized carbons (Fsp3) is 0.143. The van der Waals surface area contributed by atoms with Crippen molar-refractivity contribution in [2.75, 3.05) is 6.16 Å². The van der Waals surface area contributed by atoms with Crippen molar-refractivity contribution >= 4 is 7.60 Å². The number of hydrogen-bond acceptors (Lipinski definition) is 3. The third kappa shape index (κ3) is 5.73. The Morgan fingerprint density at radius 2 is 1.09 bits per heavy atom. The Hall–Kier alpha value is -3.43. The maximum Gasteiger partial charge on any atom is 0.430 e. The van der Waals surface area contributed by atoms with Crippen LogP contribution in [0.4, 0.5) is 8.78 Å². The SMILES string of the molecule is CCCCP(=O)(Oc1ccc(-c2ccccc2)cc1F)Oc1ccc(-c2ccccc2)cc1F. The fourth-order valence-corrected chi connectivity index (χ4v) is 5.35. The second-order valence-corrected chi connectivity index (χ2v) is 9.93. The minimum Gasteiger partial charge on any atom is -0.413 e. The molecule has 0 fully saturated rings. The lowest BCUT2D eigenvalue weighted by Crippen LogP contribution is -2.07. The van der Waals surface area contributed by atoms with Gasteiger partial charge in [-0.25, -0.2) is 13.3 Å². The first-order valence-corrected chi connectivity index (χ1v) is 12.9. The van der Waals surface area contributed by atoms with Gasteiger partial charge in [0.15, 0.2) is 23.1 Å². The number of rotatable bonds is 9. The number of unbranched alkanes of at least 4 members (excludes halogenated alkanes) is 1. The second-order valence-electron chi connectivity index (χ2n) is 7.89. The molecule has 0 aliphatic rings. The van der Waals surface area contributed by atoms with Crippen molar-refractivity contribution in [3.05, 3.63) is 109 Å². The van der Waals surface area contributed by atoms with E-state index in [-0.39, 0.29) is 17.7 Å². The fourth-order valence-electron chi connectivity index (χ4n) is 3.53. The summed E-state index contributed by atoms with van der Waals surface area (Å²) in [5.74, 6) is -1.72. The van der Waals surface area contributed by atoms with E-state index in [4.69, 9.17) is 9.05 Å². The summed E-state index contributed by atoms with van der Waals surface area (Å²) in [6.45, 7) is 1.93. The third-order valence-corrected chi connectivity index (χ3v) is 7.15. The molecular formula is C28H25F2O3P. The van der Waals surface area contributed by atoms with Crippen LogP contribution in [0.5, 0.6) is 11.5 Å². The summed E-state index contributed by atoms with van der Waals surface area (Å²) in [6.07, 6.45) is 1.27. The molecule has 0 bridgehead atoms. The summed E-state index contributed by atoms with van der Waals surface area (Å²) in [4.78, 5) is 0. The van der Waals surface area contributed by atoms with Crippen LogP contribution in [0.15, 0.2) is 97.1 Å². The largest absolute Gasteiger partial charge is 0.430 e. The van der Waals surface area contributed by atoms with Crippen molar-refractivity contribution in [1.29, 1.82) is 0 Å². The lowest BCUT2D eigenvalue weighted by atomic mass is 10.1. The highest BCUT2D eigenvalue weighted by molar-refractivity contribution is 7.54. The Morgan fingerprint density at radius 3 is 1.47 bits per heavy atom. The van der Waals surface area contributed by atoms with Gasteiger partial charge in [-0.1, -0.05) is 86.1 Å². The zero-order chi connectivity index (χ0) is 24.0. The van der Waals surface area contributed by atoms with E-state index >= 15 is 0 Å². The van der Waals surface area contributed by atoms with E-state index in [0.29, 0.717) is 17.5 Å². The molecule has 0 N–H and O–H groups in total. The standard InChI is InChI=1S/C28H25F2O3P/c1-2-3-18-34(31,32-27-16-14-23(19-25(27)29)21-10-6-4-7-11-21)33-28-17-15-24(20-26(28)30)22-12-8-5-9-13-22/h4-17,19-20H,2-3,18H2,1H3. The zero-order valence-electron chi connectivity index (χ0n) is 18.8. The van der Waals surface area contributed by atoms with Crippen LogP contribution in [0.25, 0.3) is 22.3 Å². The van der Waals surface area contributed by atoms with Gasteiger partial charge in [-0.15, -0.1) is 0 Å². The van der Waals surface area contributed by atoms with Gasteiger partial charge in [0, 0.05) is 0 Å². The first kappa shape index (κ1) is 23.7. The Morgan fingerprint density at radius 1 is 0.647 bits per heavy atom. The van der Waals surface area contributed by atoms with E-state index in [1.54, 1.807) is 12.1 Å². The quantitative estimate of drug-likeness (QED) is 0.226. The van der Waals surface area contributed by atoms with Crippen LogP contribution in [-0.4, -0.2) is 6.16 Å². The predicted molar refractivity (Wildman–Crippen MR) is 132 cm³/mol. The van der Waals surface area contributed by atoms with E-state index in [0.717, 1.165) is 17.5 Å². The Balaban J connectivity index is 1.58. The highest BCUT2D eigenvalue weighted by atomic mass is 31.2. The van der Waals surface area contributed by atoms with Gasteiger partial charge < -0.3 is 9.05 Å². The predicted octanol–water partition coefficient (Wildman–Crippen LogP) is 8.75. The third-order valence-electron chi connectivity index (χ3n) is 5.34. The molecule has 4 aromatic carbocycles. The first-order valence-electron chi connectivity index (χ1n) is 11.2. The Labute approximate surface area is 198 Å². The molecule has 0 atom stereocenters. The Kier molecular flexibility index (Phi) is 7.44. The Bertz CT molecular complexity index is 1200. The van der Waals surface area contributed by atoms with Gasteiger partial charge in [0.05, 0.1) is 6.16 Å². The molecule has 6 heteroatoms. The van der Waals surface area contributed by atoms with Gasteiger partial charge >= 0.3 is 7.60 Å². The highest BCUT2D eigenvalue weighted by Crippen LogP contribution is 2.50. The second kappa shape index (κ2) is 10.7. The van der Waals surface area contributed by atoms with Crippen LogP contribution >= 0.6 is 7.60 Å². The van der Waals surface area contributed by atoms with Crippen molar-refractivity contribution in [1.82, 2.24) is 0 Å². The van der Waals surface area contributed by atoms with Crippen LogP contribution in [-0.2, 0) is 4.57 Å². The molecule has 0 radical (unpaired) electrons. The summed E-state index contributed by atoms with van der Waals surface area (Å²) in [7, 11) is -3.89. The summed E-state index contributed by atoms with van der Waals surface area (Å²) in [5, 5.41) is 0. The lowest BCUT2D eigenvalue weighted by molar-refractivity contribution is 0.365. The van der Waals surface area contributed by atoms with Crippen LogP contribution in [0.3, 0.4) is 0 Å². The average molecular weight is 478 g/mol. The van der Waals surface area contributed by atoms with E-state index in [1.807, 2.05) is 67.6 Å². The zero-order valence-corrected chi connectivity index (χ0v) is 19.7. The van der Waals surface area contributed by atoms with E-state index in [2.05, 4.69) is 0 Å². The molecular weight excluding hydrogens is 453 g/mol. The summed E-state index contributed by atoms with van der Waals surface area (Å²) < 4.78 is 54.5. The number of benzene rings is 4. The monoisotopic (exact) mass is 478 g/mol. The molecule has 4 aromatic rings. The molecule has 0 saturated heterocycles. The van der Waals surface area contributed by atoms with Crippen molar-refractivity contribution in [3.63, 3.8) is 0 Å². The average Bonchev–Trinajstić information content (AvgIpc) is 2.86. The van der Waals surface area contributed by atoms with Crippen molar-refractivity contribution in [2.24, 2.45) is 0 Å².